The molecule has 2 aromatic carbocycles. The molecule has 0 aliphatic carbocycles. The van der Waals surface area contributed by atoms with E-state index in [0.717, 1.165) is 10.1 Å². The zero-order valence-electron chi connectivity index (χ0n) is 13.7. The van der Waals surface area contributed by atoms with Gasteiger partial charge in [-0.15, -0.1) is 0 Å². The Balaban J connectivity index is 1.96. The summed E-state index contributed by atoms with van der Waals surface area (Å²) in [6.07, 6.45) is -1.08. The number of aromatic nitrogens is 2. The molecule has 4 rings (SSSR count). The number of aryl methyl sites for hydroxylation is 1. The van der Waals surface area contributed by atoms with E-state index in [9.17, 15) is 19.5 Å². The normalized spacial score (nSPS) is 15.6. The van der Waals surface area contributed by atoms with Crippen LogP contribution in [-0.4, -0.2) is 20.6 Å². The van der Waals surface area contributed by atoms with Crippen molar-refractivity contribution in [2.45, 2.75) is 13.0 Å². The zero-order valence-corrected chi connectivity index (χ0v) is 13.7. The van der Waals surface area contributed by atoms with Crippen LogP contribution in [0.4, 0.5) is 0 Å². The first-order valence-corrected chi connectivity index (χ1v) is 7.92. The van der Waals surface area contributed by atoms with Gasteiger partial charge in [0.05, 0.1) is 11.3 Å². The largest absolute Gasteiger partial charge is 0.494 e. The Morgan fingerprint density at radius 3 is 2.46 bits per heavy atom. The summed E-state index contributed by atoms with van der Waals surface area (Å²) in [4.78, 5) is 38.9. The molecular weight excluding hydrogens is 336 g/mol. The minimum absolute atomic E-state index is 0.191. The average molecular weight is 350 g/mol. The van der Waals surface area contributed by atoms with Crippen LogP contribution in [0.5, 0.6) is 5.88 Å². The molecule has 0 spiro atoms. The number of carbonyl (C=O) groups excluding carboxylic acids is 1. The number of hydrogen-bond acceptors (Lipinski definition) is 5. The minimum Gasteiger partial charge on any atom is -0.494 e. The molecule has 2 heterocycles. The fourth-order valence-electron chi connectivity index (χ4n) is 3.07. The van der Waals surface area contributed by atoms with Gasteiger partial charge < -0.3 is 9.84 Å². The van der Waals surface area contributed by atoms with E-state index in [1.54, 1.807) is 48.5 Å². The molecule has 1 aliphatic heterocycles. The van der Waals surface area contributed by atoms with Crippen LogP contribution < -0.4 is 11.2 Å². The summed E-state index contributed by atoms with van der Waals surface area (Å²) >= 11 is 0. The maximum absolute atomic E-state index is 12.4. The van der Waals surface area contributed by atoms with Crippen molar-refractivity contribution in [2.24, 2.45) is 0 Å². The summed E-state index contributed by atoms with van der Waals surface area (Å²) in [5, 5.41) is 10.7. The summed E-state index contributed by atoms with van der Waals surface area (Å²) in [5.41, 5.74) is 0.376. The predicted molar refractivity (Wildman–Crippen MR) is 92.8 cm³/mol. The van der Waals surface area contributed by atoms with E-state index in [1.165, 1.54) is 0 Å². The van der Waals surface area contributed by atoms with Crippen LogP contribution >= 0.6 is 0 Å². The fraction of sp³-hybridized carbons (Fsp3) is 0.105. The Labute approximate surface area is 147 Å². The number of aromatic hydroxyl groups is 1. The minimum atomic E-state index is -1.08. The molecule has 1 atom stereocenters. The number of H-pyrrole nitrogens is 1. The average Bonchev–Trinajstić information content (AvgIpc) is 2.93. The quantitative estimate of drug-likeness (QED) is 0.686. The first-order valence-electron chi connectivity index (χ1n) is 7.92. The maximum atomic E-state index is 12.4. The first-order chi connectivity index (χ1) is 12.5. The molecule has 2 N–H and O–H groups in total. The van der Waals surface area contributed by atoms with E-state index in [-0.39, 0.29) is 5.56 Å². The number of esters is 1. The highest BCUT2D eigenvalue weighted by atomic mass is 16.5. The molecule has 7 heteroatoms. The molecular formula is C19H14N2O5. The molecule has 0 saturated heterocycles. The monoisotopic (exact) mass is 350 g/mol. The van der Waals surface area contributed by atoms with Crippen LogP contribution in [0, 0.1) is 6.92 Å². The Hall–Kier alpha value is -3.61. The third-order valence-corrected chi connectivity index (χ3v) is 4.36. The van der Waals surface area contributed by atoms with Crippen LogP contribution in [0.25, 0.3) is 5.69 Å². The molecule has 0 bridgehead atoms. The number of benzene rings is 2. The molecule has 3 aromatic rings. The molecule has 130 valence electrons. The van der Waals surface area contributed by atoms with E-state index in [4.69, 9.17) is 4.74 Å². The second kappa shape index (κ2) is 5.73. The van der Waals surface area contributed by atoms with Gasteiger partial charge in [0.15, 0.2) is 6.10 Å². The van der Waals surface area contributed by atoms with Gasteiger partial charge in [-0.3, -0.25) is 9.78 Å². The maximum Gasteiger partial charge on any atom is 0.339 e. The number of nitrogens with one attached hydrogen (secondary N) is 1. The van der Waals surface area contributed by atoms with Gasteiger partial charge >= 0.3 is 11.7 Å². The van der Waals surface area contributed by atoms with Crippen molar-refractivity contribution < 1.29 is 14.6 Å². The van der Waals surface area contributed by atoms with Crippen LogP contribution in [0.15, 0.2) is 58.1 Å². The first kappa shape index (κ1) is 15.9. The molecule has 0 saturated carbocycles. The predicted octanol–water partition coefficient (Wildman–Crippen LogP) is 1.80. The third kappa shape index (κ3) is 2.33. The van der Waals surface area contributed by atoms with Crippen molar-refractivity contribution >= 4 is 5.97 Å². The lowest BCUT2D eigenvalue weighted by Crippen LogP contribution is -2.32. The molecule has 26 heavy (non-hydrogen) atoms. The topological polar surface area (TPSA) is 101 Å². The van der Waals surface area contributed by atoms with Crippen molar-refractivity contribution in [3.05, 3.63) is 91.6 Å². The number of carbonyl (C=O) groups is 1. The second-order valence-corrected chi connectivity index (χ2v) is 6.04. The van der Waals surface area contributed by atoms with Crippen molar-refractivity contribution in [2.75, 3.05) is 0 Å². The third-order valence-electron chi connectivity index (χ3n) is 4.36. The van der Waals surface area contributed by atoms with Crippen molar-refractivity contribution in [1.29, 1.82) is 0 Å². The highest BCUT2D eigenvalue weighted by molar-refractivity contribution is 5.94. The standard InChI is InChI=1S/C19H14N2O5/c1-10-6-8-11(9-7-10)21-17(23)14(16(22)20-19(21)25)15-12-4-2-3-5-13(12)18(24)26-15/h2-9,15,23H,1H3,(H,20,22,25). The smallest absolute Gasteiger partial charge is 0.339 e. The lowest BCUT2D eigenvalue weighted by Gasteiger charge is -2.15. The molecule has 0 amide bonds. The van der Waals surface area contributed by atoms with E-state index in [1.807, 2.05) is 6.92 Å². The van der Waals surface area contributed by atoms with Gasteiger partial charge in [-0.1, -0.05) is 35.9 Å². The summed E-state index contributed by atoms with van der Waals surface area (Å²) in [5.74, 6) is -1.14. The summed E-state index contributed by atoms with van der Waals surface area (Å²) in [6, 6.07) is 13.5. The van der Waals surface area contributed by atoms with Crippen LogP contribution in [0.3, 0.4) is 0 Å². The lowest BCUT2D eigenvalue weighted by molar-refractivity contribution is 0.0449. The van der Waals surface area contributed by atoms with Gasteiger partial charge in [0.2, 0.25) is 5.88 Å². The Bertz CT molecular complexity index is 1140. The van der Waals surface area contributed by atoms with Crippen molar-refractivity contribution in [3.63, 3.8) is 0 Å². The number of ether oxygens (including phenoxy) is 1. The number of cyclic esters (lactones) is 1. The number of rotatable bonds is 2. The van der Waals surface area contributed by atoms with E-state index < -0.39 is 29.2 Å². The Morgan fingerprint density at radius 2 is 1.73 bits per heavy atom. The van der Waals surface area contributed by atoms with E-state index in [2.05, 4.69) is 4.98 Å². The van der Waals surface area contributed by atoms with Gasteiger partial charge in [0, 0.05) is 5.56 Å². The molecule has 1 aromatic heterocycles. The SMILES string of the molecule is Cc1ccc(-n2c(O)c(C3OC(=O)c4ccccc43)c(=O)[nH]c2=O)cc1. The van der Waals surface area contributed by atoms with Crippen LogP contribution in [0.1, 0.15) is 33.2 Å². The van der Waals surface area contributed by atoms with Crippen molar-refractivity contribution in [1.82, 2.24) is 9.55 Å². The van der Waals surface area contributed by atoms with Crippen molar-refractivity contribution in [3.8, 4) is 11.6 Å². The van der Waals surface area contributed by atoms with Gasteiger partial charge in [0.25, 0.3) is 5.56 Å². The molecule has 0 radical (unpaired) electrons. The fourth-order valence-corrected chi connectivity index (χ4v) is 3.07. The zero-order chi connectivity index (χ0) is 18.4. The van der Waals surface area contributed by atoms with Gasteiger partial charge in [-0.2, -0.15) is 0 Å². The summed E-state index contributed by atoms with van der Waals surface area (Å²) in [7, 11) is 0. The van der Waals surface area contributed by atoms with Gasteiger partial charge in [-0.25, -0.2) is 14.2 Å². The Kier molecular flexibility index (Phi) is 3.50. The Morgan fingerprint density at radius 1 is 1.04 bits per heavy atom. The number of hydrogen-bond donors (Lipinski definition) is 2. The molecule has 7 nitrogen and oxygen atoms in total. The summed E-state index contributed by atoms with van der Waals surface area (Å²) in [6.45, 7) is 1.89. The van der Waals surface area contributed by atoms with Crippen LogP contribution in [0.2, 0.25) is 0 Å². The van der Waals surface area contributed by atoms with E-state index in [0.29, 0.717) is 16.8 Å². The highest BCUT2D eigenvalue weighted by Gasteiger charge is 2.36. The van der Waals surface area contributed by atoms with Gasteiger partial charge in [0.1, 0.15) is 5.56 Å². The van der Waals surface area contributed by atoms with Gasteiger partial charge in [-0.05, 0) is 25.1 Å². The second-order valence-electron chi connectivity index (χ2n) is 6.04. The highest BCUT2D eigenvalue weighted by Crippen LogP contribution is 2.37. The van der Waals surface area contributed by atoms with Crippen LogP contribution in [-0.2, 0) is 4.74 Å². The molecule has 1 unspecified atom stereocenters. The number of aromatic amines is 1. The molecule has 0 fully saturated rings. The summed E-state index contributed by atoms with van der Waals surface area (Å²) < 4.78 is 6.27. The van der Waals surface area contributed by atoms with E-state index >= 15 is 0 Å². The lowest BCUT2D eigenvalue weighted by atomic mass is 10.0. The molecule has 1 aliphatic rings. The number of nitrogens with zero attached hydrogens (tertiary/aromatic N) is 1. The number of fused-ring (bicyclic) bond motifs is 1.